The van der Waals surface area contributed by atoms with Gasteiger partial charge in [-0.25, -0.2) is 0 Å². The van der Waals surface area contributed by atoms with Crippen LogP contribution in [0.2, 0.25) is 0 Å². The largest absolute Gasteiger partial charge is 0.456 e. The summed E-state index contributed by atoms with van der Waals surface area (Å²) in [7, 11) is 0. The Morgan fingerprint density at radius 3 is 1.76 bits per heavy atom. The minimum Gasteiger partial charge on any atom is -0.456 e. The lowest BCUT2D eigenvalue weighted by Crippen LogP contribution is -2.25. The normalized spacial score (nSPS) is 13.7. The van der Waals surface area contributed by atoms with Gasteiger partial charge in [0.05, 0.1) is 5.41 Å². The molecule has 1 aliphatic heterocycles. The zero-order valence-corrected chi connectivity index (χ0v) is 30.5. The summed E-state index contributed by atoms with van der Waals surface area (Å²) in [6, 6.07) is 67.6. The van der Waals surface area contributed by atoms with E-state index in [4.69, 9.17) is 4.74 Å². The van der Waals surface area contributed by atoms with Crippen LogP contribution in [-0.2, 0) is 5.41 Å². The second-order valence-corrected chi connectivity index (χ2v) is 16.2. The molecule has 0 amide bonds. The van der Waals surface area contributed by atoms with E-state index in [0.717, 1.165) is 17.1 Å². The molecule has 9 aromatic carbocycles. The second kappa shape index (κ2) is 10.7. The quantitative estimate of drug-likeness (QED) is 0.173. The maximum atomic E-state index is 6.75. The molecule has 0 saturated heterocycles. The molecule has 1 aromatic heterocycles. The monoisotopic (exact) mass is 714 g/mol. The Labute approximate surface area is 322 Å². The topological polar surface area (TPSA) is 9.23 Å². The van der Waals surface area contributed by atoms with Crippen LogP contribution in [0.4, 0.5) is 0 Å². The molecule has 55 heavy (non-hydrogen) atoms. The molecule has 13 rings (SSSR count). The average molecular weight is 715 g/mol. The predicted molar refractivity (Wildman–Crippen MR) is 230 cm³/mol. The van der Waals surface area contributed by atoms with Crippen LogP contribution in [-0.4, -0.2) is 0 Å². The lowest BCUT2D eigenvalue weighted by atomic mass is 9.70. The molecule has 3 aliphatic rings. The molecular weight excluding hydrogens is 685 g/mol. The van der Waals surface area contributed by atoms with Crippen LogP contribution >= 0.6 is 11.3 Å². The molecule has 1 spiro atoms. The molecule has 0 N–H and O–H groups in total. The van der Waals surface area contributed by atoms with Crippen molar-refractivity contribution in [3.63, 3.8) is 0 Å². The predicted octanol–water partition coefficient (Wildman–Crippen LogP) is 14.7. The molecule has 0 radical (unpaired) electrons. The summed E-state index contributed by atoms with van der Waals surface area (Å²) >= 11 is 1.86. The Hall–Kier alpha value is -6.74. The highest BCUT2D eigenvalue weighted by Crippen LogP contribution is 2.64. The lowest BCUT2D eigenvalue weighted by molar-refractivity contribution is 0.487. The second-order valence-electron chi connectivity index (χ2n) is 15.1. The van der Waals surface area contributed by atoms with E-state index in [0.29, 0.717) is 0 Å². The van der Waals surface area contributed by atoms with Gasteiger partial charge < -0.3 is 4.74 Å². The highest BCUT2D eigenvalue weighted by molar-refractivity contribution is 7.25. The first-order chi connectivity index (χ1) is 27.3. The standard InChI is InChI=1S/C53H30OS/c1-5-18-43-34(11-1)35-12-2-6-19-44(35)53(43)45-20-7-3-14-40(45)51-37(17-10-21-46(51)53)33-25-27-48-52-38(33)15-9-16-39(52)41-29-31(23-26-47(41)54-48)32-24-28-50-42(30-32)36-13-4-8-22-49(36)55-50/h1-30H. The molecule has 254 valence electrons. The molecule has 2 aliphatic carbocycles. The fourth-order valence-electron chi connectivity index (χ4n) is 10.3. The first kappa shape index (κ1) is 29.7. The smallest absolute Gasteiger partial charge is 0.135 e. The first-order valence-corrected chi connectivity index (χ1v) is 19.8. The Morgan fingerprint density at radius 2 is 0.927 bits per heavy atom. The number of thiophene rings is 1. The van der Waals surface area contributed by atoms with Crippen molar-refractivity contribution in [2.45, 2.75) is 5.41 Å². The zero-order valence-electron chi connectivity index (χ0n) is 29.6. The van der Waals surface area contributed by atoms with Gasteiger partial charge in [-0.05, 0) is 114 Å². The third kappa shape index (κ3) is 3.77. The van der Waals surface area contributed by atoms with Crippen molar-refractivity contribution in [1.29, 1.82) is 0 Å². The summed E-state index contributed by atoms with van der Waals surface area (Å²) in [6.07, 6.45) is 0. The van der Waals surface area contributed by atoms with Crippen molar-refractivity contribution >= 4 is 42.3 Å². The molecular formula is C53H30OS. The van der Waals surface area contributed by atoms with E-state index in [2.05, 4.69) is 182 Å². The van der Waals surface area contributed by atoms with E-state index in [9.17, 15) is 0 Å². The highest BCUT2D eigenvalue weighted by Gasteiger charge is 2.52. The van der Waals surface area contributed by atoms with Crippen LogP contribution in [0.1, 0.15) is 22.3 Å². The van der Waals surface area contributed by atoms with E-state index < -0.39 is 0 Å². The zero-order chi connectivity index (χ0) is 35.8. The van der Waals surface area contributed by atoms with Gasteiger partial charge in [0.1, 0.15) is 11.5 Å². The number of hydrogen-bond donors (Lipinski definition) is 0. The van der Waals surface area contributed by atoms with E-state index in [-0.39, 0.29) is 5.41 Å². The summed E-state index contributed by atoms with van der Waals surface area (Å²) in [6.45, 7) is 0. The van der Waals surface area contributed by atoms with Crippen molar-refractivity contribution in [1.82, 2.24) is 0 Å². The fourth-order valence-corrected chi connectivity index (χ4v) is 11.4. The van der Waals surface area contributed by atoms with Gasteiger partial charge in [0.15, 0.2) is 0 Å². The van der Waals surface area contributed by atoms with Gasteiger partial charge in [0.2, 0.25) is 0 Å². The third-order valence-electron chi connectivity index (χ3n) is 12.5. The van der Waals surface area contributed by atoms with E-state index in [1.54, 1.807) is 0 Å². The van der Waals surface area contributed by atoms with Crippen LogP contribution < -0.4 is 4.74 Å². The molecule has 1 nitrogen and oxygen atoms in total. The molecule has 0 saturated carbocycles. The van der Waals surface area contributed by atoms with E-state index in [1.807, 2.05) is 11.3 Å². The minimum atomic E-state index is -0.377. The number of ether oxygens (including phenoxy) is 1. The maximum Gasteiger partial charge on any atom is 0.135 e. The van der Waals surface area contributed by atoms with Crippen molar-refractivity contribution in [2.24, 2.45) is 0 Å². The average Bonchev–Trinajstić information content (AvgIpc) is 3.88. The van der Waals surface area contributed by atoms with Crippen molar-refractivity contribution < 1.29 is 4.74 Å². The lowest BCUT2D eigenvalue weighted by Gasteiger charge is -2.30. The molecule has 0 bridgehead atoms. The van der Waals surface area contributed by atoms with Crippen LogP contribution in [0, 0.1) is 0 Å². The Kier molecular flexibility index (Phi) is 5.77. The van der Waals surface area contributed by atoms with Crippen molar-refractivity contribution in [2.75, 3.05) is 0 Å². The molecule has 0 atom stereocenters. The molecule has 2 heteroatoms. The highest BCUT2D eigenvalue weighted by atomic mass is 32.1. The van der Waals surface area contributed by atoms with Crippen LogP contribution in [0.25, 0.3) is 86.6 Å². The number of benzene rings is 9. The van der Waals surface area contributed by atoms with Gasteiger partial charge in [0, 0.05) is 31.1 Å². The van der Waals surface area contributed by atoms with Gasteiger partial charge in [-0.15, -0.1) is 11.3 Å². The van der Waals surface area contributed by atoms with Crippen LogP contribution in [0.5, 0.6) is 11.5 Å². The van der Waals surface area contributed by atoms with Crippen molar-refractivity contribution in [3.05, 3.63) is 204 Å². The van der Waals surface area contributed by atoms with Crippen LogP contribution in [0.3, 0.4) is 0 Å². The van der Waals surface area contributed by atoms with Gasteiger partial charge in [-0.3, -0.25) is 0 Å². The summed E-state index contributed by atoms with van der Waals surface area (Å²) in [4.78, 5) is 0. The Balaban J connectivity index is 1.02. The van der Waals surface area contributed by atoms with Gasteiger partial charge in [-0.1, -0.05) is 146 Å². The summed E-state index contributed by atoms with van der Waals surface area (Å²) in [5.41, 5.74) is 17.6. The molecule has 10 aromatic rings. The number of hydrogen-bond acceptors (Lipinski definition) is 2. The number of fused-ring (bicyclic) bond motifs is 15. The van der Waals surface area contributed by atoms with Gasteiger partial charge >= 0.3 is 0 Å². The van der Waals surface area contributed by atoms with Crippen molar-refractivity contribution in [3.8, 4) is 67.1 Å². The molecule has 0 unspecified atom stereocenters. The summed E-state index contributed by atoms with van der Waals surface area (Å²) in [5, 5.41) is 5.00. The van der Waals surface area contributed by atoms with Gasteiger partial charge in [0.25, 0.3) is 0 Å². The van der Waals surface area contributed by atoms with E-state index in [1.165, 1.54) is 103 Å². The Morgan fingerprint density at radius 1 is 0.345 bits per heavy atom. The first-order valence-electron chi connectivity index (χ1n) is 19.0. The Bertz CT molecular complexity index is 3260. The summed E-state index contributed by atoms with van der Waals surface area (Å²) < 4.78 is 9.40. The minimum absolute atomic E-state index is 0.377. The third-order valence-corrected chi connectivity index (χ3v) is 13.7. The number of rotatable bonds is 2. The summed E-state index contributed by atoms with van der Waals surface area (Å²) in [5.74, 6) is 1.80. The molecule has 2 heterocycles. The SMILES string of the molecule is c1ccc2c(c1)-c1ccccc1C21c2ccccc2-c2c(-c3ccc4c5c(cccc35)-c3cc(-c5ccc6sc7ccccc7c6c5)ccc3O4)cccc21. The van der Waals surface area contributed by atoms with E-state index >= 15 is 0 Å². The molecule has 0 fully saturated rings. The van der Waals surface area contributed by atoms with Crippen LogP contribution in [0.15, 0.2) is 182 Å². The maximum absolute atomic E-state index is 6.75. The fraction of sp³-hybridized carbons (Fsp3) is 0.0189. The van der Waals surface area contributed by atoms with Gasteiger partial charge in [-0.2, -0.15) is 0 Å².